The molecule has 0 unspecified atom stereocenters. The fourth-order valence-electron chi connectivity index (χ4n) is 2.45. The summed E-state index contributed by atoms with van der Waals surface area (Å²) < 4.78 is 1.85. The zero-order valence-electron chi connectivity index (χ0n) is 12.4. The predicted molar refractivity (Wildman–Crippen MR) is 87.0 cm³/mol. The fourth-order valence-corrected chi connectivity index (χ4v) is 3.20. The Morgan fingerprint density at radius 2 is 2.17 bits per heavy atom. The van der Waals surface area contributed by atoms with Crippen LogP contribution in [0, 0.1) is 10.1 Å². The molecule has 0 bridgehead atoms. The average Bonchev–Trinajstić information content (AvgIpc) is 3.11. The Hall–Kier alpha value is -2.74. The quantitative estimate of drug-likeness (QED) is 0.576. The van der Waals surface area contributed by atoms with Crippen LogP contribution in [0.2, 0.25) is 0 Å². The van der Waals surface area contributed by atoms with Gasteiger partial charge in [0.2, 0.25) is 0 Å². The fraction of sp³-hybridized carbons (Fsp3) is 0.200. The molecule has 23 heavy (non-hydrogen) atoms. The number of nitro groups is 1. The number of fused-ring (bicyclic) bond motifs is 1. The molecule has 1 N–H and O–H groups in total. The number of aromatic carboxylic acids is 1. The van der Waals surface area contributed by atoms with Gasteiger partial charge in [0.05, 0.1) is 28.2 Å². The van der Waals surface area contributed by atoms with Crippen LogP contribution in [0.4, 0.5) is 5.69 Å². The molecule has 118 valence electrons. The normalized spacial score (nSPS) is 11.3. The van der Waals surface area contributed by atoms with Crippen molar-refractivity contribution in [3.63, 3.8) is 0 Å². The molecule has 0 aliphatic carbocycles. The van der Waals surface area contributed by atoms with E-state index in [4.69, 9.17) is 5.11 Å². The lowest BCUT2D eigenvalue weighted by Crippen LogP contribution is -1.97. The molecule has 2 heterocycles. The number of aromatic nitrogens is 2. The topological polar surface area (TPSA) is 98.3 Å². The lowest BCUT2D eigenvalue weighted by molar-refractivity contribution is -0.383. The van der Waals surface area contributed by atoms with Gasteiger partial charge < -0.3 is 9.67 Å². The predicted octanol–water partition coefficient (Wildman–Crippen LogP) is 3.95. The van der Waals surface area contributed by atoms with Crippen LogP contribution in [-0.2, 0) is 0 Å². The third-order valence-electron chi connectivity index (χ3n) is 3.53. The number of benzene rings is 1. The minimum absolute atomic E-state index is 0.0329. The van der Waals surface area contributed by atoms with Gasteiger partial charge in [0, 0.05) is 11.6 Å². The Labute approximate surface area is 135 Å². The molecule has 2 aromatic heterocycles. The number of nitrogens with zero attached hydrogens (tertiary/aromatic N) is 3. The van der Waals surface area contributed by atoms with Crippen LogP contribution in [-0.4, -0.2) is 25.6 Å². The number of hydrogen-bond acceptors (Lipinski definition) is 5. The largest absolute Gasteiger partial charge is 0.477 e. The second-order valence-corrected chi connectivity index (χ2v) is 6.37. The van der Waals surface area contributed by atoms with Crippen LogP contribution in [0.1, 0.15) is 29.6 Å². The zero-order chi connectivity index (χ0) is 16.7. The first-order valence-corrected chi connectivity index (χ1v) is 7.68. The minimum atomic E-state index is -1.04. The van der Waals surface area contributed by atoms with Crippen molar-refractivity contribution in [1.82, 2.24) is 9.55 Å². The summed E-state index contributed by atoms with van der Waals surface area (Å²) in [6.07, 6.45) is 2.82. The van der Waals surface area contributed by atoms with Crippen LogP contribution in [0.3, 0.4) is 0 Å². The van der Waals surface area contributed by atoms with E-state index in [1.807, 2.05) is 18.4 Å². The van der Waals surface area contributed by atoms with E-state index in [1.54, 1.807) is 18.2 Å². The molecular weight excluding hydrogens is 318 g/mol. The molecule has 1 aromatic carbocycles. The van der Waals surface area contributed by atoms with Crippen molar-refractivity contribution in [2.24, 2.45) is 0 Å². The van der Waals surface area contributed by atoms with E-state index in [9.17, 15) is 14.9 Å². The summed E-state index contributed by atoms with van der Waals surface area (Å²) in [5, 5.41) is 21.3. The zero-order valence-corrected chi connectivity index (χ0v) is 13.2. The molecule has 0 saturated carbocycles. The van der Waals surface area contributed by atoms with Gasteiger partial charge in [-0.1, -0.05) is 0 Å². The molecule has 8 heteroatoms. The van der Waals surface area contributed by atoms with Crippen LogP contribution in [0.5, 0.6) is 0 Å². The standard InChI is InChI=1S/C15H13N3O4S/c1-8(2)17-7-12(18(21)22)10-5-9(3-4-11(10)17)14-16-6-13(23-14)15(19)20/h3-8H,1-2H3,(H,19,20). The number of rotatable bonds is 4. The molecule has 0 saturated heterocycles. The van der Waals surface area contributed by atoms with Gasteiger partial charge in [0.25, 0.3) is 5.69 Å². The lowest BCUT2D eigenvalue weighted by Gasteiger charge is -2.08. The molecule has 0 aliphatic heterocycles. The molecule has 0 radical (unpaired) electrons. The first-order valence-electron chi connectivity index (χ1n) is 6.87. The van der Waals surface area contributed by atoms with Gasteiger partial charge in [-0.3, -0.25) is 10.1 Å². The summed E-state index contributed by atoms with van der Waals surface area (Å²) in [5.74, 6) is -1.04. The van der Waals surface area contributed by atoms with Crippen molar-refractivity contribution in [3.05, 3.63) is 45.6 Å². The summed E-state index contributed by atoms with van der Waals surface area (Å²) in [4.78, 5) is 26.1. The van der Waals surface area contributed by atoms with Crippen molar-refractivity contribution in [3.8, 4) is 10.6 Å². The highest BCUT2D eigenvalue weighted by molar-refractivity contribution is 7.16. The average molecular weight is 331 g/mol. The van der Waals surface area contributed by atoms with Gasteiger partial charge in [0.1, 0.15) is 9.88 Å². The van der Waals surface area contributed by atoms with Crippen molar-refractivity contribution < 1.29 is 14.8 Å². The van der Waals surface area contributed by atoms with Gasteiger partial charge in [-0.15, -0.1) is 11.3 Å². The molecule has 7 nitrogen and oxygen atoms in total. The van der Waals surface area contributed by atoms with Crippen LogP contribution in [0.25, 0.3) is 21.5 Å². The van der Waals surface area contributed by atoms with E-state index >= 15 is 0 Å². The van der Waals surface area contributed by atoms with Crippen molar-refractivity contribution >= 4 is 33.9 Å². The van der Waals surface area contributed by atoms with Crippen LogP contribution < -0.4 is 0 Å². The van der Waals surface area contributed by atoms with E-state index in [0.29, 0.717) is 16.0 Å². The van der Waals surface area contributed by atoms with Crippen LogP contribution in [0.15, 0.2) is 30.6 Å². The number of carboxylic acid groups (broad SMARTS) is 1. The van der Waals surface area contributed by atoms with Gasteiger partial charge in [0.15, 0.2) is 0 Å². The second kappa shape index (κ2) is 5.47. The van der Waals surface area contributed by atoms with Crippen molar-refractivity contribution in [2.75, 3.05) is 0 Å². The van der Waals surface area contributed by atoms with Crippen LogP contribution >= 0.6 is 11.3 Å². The Kier molecular flexibility index (Phi) is 3.61. The Bertz CT molecular complexity index is 926. The minimum Gasteiger partial charge on any atom is -0.477 e. The number of carboxylic acids is 1. The van der Waals surface area contributed by atoms with Gasteiger partial charge in [-0.25, -0.2) is 9.78 Å². The van der Waals surface area contributed by atoms with Gasteiger partial charge in [-0.2, -0.15) is 0 Å². The SMILES string of the molecule is CC(C)n1cc([N+](=O)[O-])c2cc(-c3ncc(C(=O)O)s3)ccc21. The van der Waals surface area contributed by atoms with E-state index in [0.717, 1.165) is 16.9 Å². The van der Waals surface area contributed by atoms with Gasteiger partial charge >= 0.3 is 5.97 Å². The maximum absolute atomic E-state index is 11.3. The van der Waals surface area contributed by atoms with Gasteiger partial charge in [-0.05, 0) is 32.0 Å². The van der Waals surface area contributed by atoms with E-state index in [2.05, 4.69) is 4.98 Å². The van der Waals surface area contributed by atoms with Crippen molar-refractivity contribution in [2.45, 2.75) is 19.9 Å². The highest BCUT2D eigenvalue weighted by Crippen LogP contribution is 2.34. The first-order chi connectivity index (χ1) is 10.9. The Morgan fingerprint density at radius 3 is 2.74 bits per heavy atom. The smallest absolute Gasteiger partial charge is 0.347 e. The highest BCUT2D eigenvalue weighted by Gasteiger charge is 2.20. The molecule has 0 amide bonds. The molecule has 0 fully saturated rings. The molecule has 0 aliphatic rings. The summed E-state index contributed by atoms with van der Waals surface area (Å²) in [6.45, 7) is 3.91. The summed E-state index contributed by atoms with van der Waals surface area (Å²) in [7, 11) is 0. The van der Waals surface area contributed by atoms with Crippen molar-refractivity contribution in [1.29, 1.82) is 0 Å². The molecule has 0 spiro atoms. The first kappa shape index (κ1) is 15.2. The molecule has 0 atom stereocenters. The summed E-state index contributed by atoms with van der Waals surface area (Å²) in [5.41, 5.74) is 1.47. The molecule has 3 aromatic rings. The van der Waals surface area contributed by atoms with E-state index in [-0.39, 0.29) is 16.6 Å². The summed E-state index contributed by atoms with van der Waals surface area (Å²) >= 11 is 1.04. The number of hydrogen-bond donors (Lipinski definition) is 1. The second-order valence-electron chi connectivity index (χ2n) is 5.34. The third-order valence-corrected chi connectivity index (χ3v) is 4.56. The molecular formula is C15H13N3O4S. The number of thiazole rings is 1. The lowest BCUT2D eigenvalue weighted by atomic mass is 10.1. The maximum atomic E-state index is 11.3. The molecule has 3 rings (SSSR count). The third kappa shape index (κ3) is 2.57. The maximum Gasteiger partial charge on any atom is 0.347 e. The Balaban J connectivity index is 2.19. The van der Waals surface area contributed by atoms with E-state index < -0.39 is 10.9 Å². The highest BCUT2D eigenvalue weighted by atomic mass is 32.1. The number of carbonyl (C=O) groups is 1. The Morgan fingerprint density at radius 1 is 1.43 bits per heavy atom. The summed E-state index contributed by atoms with van der Waals surface area (Å²) in [6, 6.07) is 5.39. The van der Waals surface area contributed by atoms with E-state index in [1.165, 1.54) is 12.4 Å². The monoisotopic (exact) mass is 331 g/mol.